The molecule has 0 fully saturated rings. The number of benzene rings is 6. The summed E-state index contributed by atoms with van der Waals surface area (Å²) in [7, 11) is -2.58. The van der Waals surface area contributed by atoms with E-state index >= 15 is 0 Å². The minimum atomic E-state index is -2.58. The molecule has 3 heteroatoms. The molecule has 1 nitrogen and oxygen atoms in total. The third-order valence-corrected chi connectivity index (χ3v) is 13.1. The summed E-state index contributed by atoms with van der Waals surface area (Å²) in [6.45, 7) is 0. The molecular formula is C36H25BrOSi. The van der Waals surface area contributed by atoms with Gasteiger partial charge in [-0.2, -0.15) is 0 Å². The van der Waals surface area contributed by atoms with Gasteiger partial charge in [-0.15, -0.1) is 0 Å². The van der Waals surface area contributed by atoms with Crippen LogP contribution in [0.2, 0.25) is 0 Å². The first kappa shape index (κ1) is 23.9. The molecule has 1 aromatic heterocycles. The normalized spacial score (nSPS) is 11.7. The smallest absolute Gasteiger partial charge is 0.179 e. The van der Waals surface area contributed by atoms with Gasteiger partial charge in [0.25, 0.3) is 0 Å². The number of hydrogen-bond acceptors (Lipinski definition) is 1. The predicted octanol–water partition coefficient (Wildman–Crippen LogP) is 7.39. The van der Waals surface area contributed by atoms with Crippen LogP contribution >= 0.6 is 15.9 Å². The molecule has 0 amide bonds. The Kier molecular flexibility index (Phi) is 6.03. The Hall–Kier alpha value is -4.18. The molecule has 0 unspecified atom stereocenters. The molecule has 0 saturated carbocycles. The van der Waals surface area contributed by atoms with Gasteiger partial charge in [0.05, 0.1) is 0 Å². The maximum absolute atomic E-state index is 6.15. The number of fused-ring (bicyclic) bond motifs is 3. The van der Waals surface area contributed by atoms with Gasteiger partial charge in [0.15, 0.2) is 8.07 Å². The van der Waals surface area contributed by atoms with Crippen molar-refractivity contribution >= 4 is 66.7 Å². The van der Waals surface area contributed by atoms with E-state index < -0.39 is 8.07 Å². The van der Waals surface area contributed by atoms with Crippen molar-refractivity contribution in [1.29, 1.82) is 0 Å². The Morgan fingerprint density at radius 1 is 0.436 bits per heavy atom. The third-order valence-electron chi connectivity index (χ3n) is 7.69. The van der Waals surface area contributed by atoms with Gasteiger partial charge in [-0.3, -0.25) is 0 Å². The van der Waals surface area contributed by atoms with E-state index in [0.29, 0.717) is 0 Å². The van der Waals surface area contributed by atoms with Gasteiger partial charge in [-0.25, -0.2) is 0 Å². The molecular weight excluding hydrogens is 556 g/mol. The number of halogens is 1. The average molecular weight is 582 g/mol. The highest BCUT2D eigenvalue weighted by atomic mass is 79.9. The Morgan fingerprint density at radius 2 is 0.974 bits per heavy atom. The topological polar surface area (TPSA) is 13.1 Å². The minimum Gasteiger partial charge on any atom is -0.456 e. The average Bonchev–Trinajstić information content (AvgIpc) is 3.39. The van der Waals surface area contributed by atoms with Crippen molar-refractivity contribution < 1.29 is 4.42 Å². The summed E-state index contributed by atoms with van der Waals surface area (Å²) in [5.41, 5.74) is 4.18. The van der Waals surface area contributed by atoms with E-state index in [2.05, 4.69) is 155 Å². The summed E-state index contributed by atoms with van der Waals surface area (Å²) in [6.07, 6.45) is 0. The van der Waals surface area contributed by atoms with Gasteiger partial charge in [0, 0.05) is 15.2 Å². The maximum Gasteiger partial charge on any atom is 0.179 e. The van der Waals surface area contributed by atoms with Crippen molar-refractivity contribution in [3.8, 4) is 11.1 Å². The summed E-state index contributed by atoms with van der Waals surface area (Å²) in [5.74, 6) is 0. The van der Waals surface area contributed by atoms with E-state index in [1.54, 1.807) is 0 Å². The minimum absolute atomic E-state index is 0.897. The van der Waals surface area contributed by atoms with Crippen molar-refractivity contribution in [2.45, 2.75) is 0 Å². The van der Waals surface area contributed by atoms with Gasteiger partial charge in [-0.05, 0) is 56.1 Å². The summed E-state index contributed by atoms with van der Waals surface area (Å²) >= 11 is 3.74. The van der Waals surface area contributed by atoms with E-state index in [-0.39, 0.29) is 0 Å². The second kappa shape index (κ2) is 9.85. The fourth-order valence-electron chi connectivity index (χ4n) is 5.96. The second-order valence-electron chi connectivity index (χ2n) is 9.85. The molecule has 0 aliphatic rings. The zero-order valence-electron chi connectivity index (χ0n) is 21.2. The lowest BCUT2D eigenvalue weighted by Crippen LogP contribution is -2.74. The fraction of sp³-hybridized carbons (Fsp3) is 0. The van der Waals surface area contributed by atoms with Gasteiger partial charge in [-0.1, -0.05) is 143 Å². The molecule has 1 heterocycles. The van der Waals surface area contributed by atoms with Gasteiger partial charge in [0.2, 0.25) is 0 Å². The quantitative estimate of drug-likeness (QED) is 0.153. The third kappa shape index (κ3) is 3.97. The highest BCUT2D eigenvalue weighted by Gasteiger charge is 2.41. The molecule has 0 N–H and O–H groups in total. The van der Waals surface area contributed by atoms with E-state index in [4.69, 9.17) is 4.42 Å². The molecule has 6 aromatic carbocycles. The standard InChI is InChI=1S/C36H25BrOSi/c37-33-20-11-21-35-36(33)32-25-27(22-23-34(32)38-35)26-12-10-19-31(24-26)39(28-13-4-1-5-14-28,29-15-6-2-7-16-29)30-17-8-3-9-18-30/h1-25H. The van der Waals surface area contributed by atoms with Crippen LogP contribution in [-0.2, 0) is 0 Å². The summed E-state index contributed by atoms with van der Waals surface area (Å²) in [6, 6.07) is 55.0. The zero-order chi connectivity index (χ0) is 26.2. The molecule has 186 valence electrons. The van der Waals surface area contributed by atoms with Crippen LogP contribution in [0.3, 0.4) is 0 Å². The molecule has 39 heavy (non-hydrogen) atoms. The summed E-state index contributed by atoms with van der Waals surface area (Å²) in [5, 5.41) is 7.73. The summed E-state index contributed by atoms with van der Waals surface area (Å²) in [4.78, 5) is 0. The lowest BCUT2D eigenvalue weighted by Gasteiger charge is -2.34. The molecule has 0 bridgehead atoms. The van der Waals surface area contributed by atoms with Gasteiger partial charge in [0.1, 0.15) is 11.2 Å². The van der Waals surface area contributed by atoms with Crippen LogP contribution in [0, 0.1) is 0 Å². The van der Waals surface area contributed by atoms with E-state index in [9.17, 15) is 0 Å². The van der Waals surface area contributed by atoms with Gasteiger partial charge < -0.3 is 4.42 Å². The molecule has 7 aromatic rings. The SMILES string of the molecule is Brc1cccc2oc3ccc(-c4cccc([Si](c5ccccc5)(c5ccccc5)c5ccccc5)c4)cc3c12. The van der Waals surface area contributed by atoms with E-state index in [1.807, 2.05) is 12.1 Å². The molecule has 0 atom stereocenters. The molecule has 7 rings (SSSR count). The molecule has 0 radical (unpaired) electrons. The Bertz CT molecular complexity index is 1810. The number of hydrogen-bond donors (Lipinski definition) is 0. The maximum atomic E-state index is 6.15. The zero-order valence-corrected chi connectivity index (χ0v) is 23.8. The Labute approximate surface area is 237 Å². The van der Waals surface area contributed by atoms with Crippen molar-refractivity contribution in [2.75, 3.05) is 0 Å². The fourth-order valence-corrected chi connectivity index (χ4v) is 11.3. The largest absolute Gasteiger partial charge is 0.456 e. The summed E-state index contributed by atoms with van der Waals surface area (Å²) < 4.78 is 7.20. The van der Waals surface area contributed by atoms with Crippen molar-refractivity contribution in [1.82, 2.24) is 0 Å². The molecule has 0 saturated heterocycles. The van der Waals surface area contributed by atoms with Crippen LogP contribution in [-0.4, -0.2) is 8.07 Å². The molecule has 0 aliphatic carbocycles. The van der Waals surface area contributed by atoms with Crippen molar-refractivity contribution in [3.05, 3.63) is 156 Å². The highest BCUT2D eigenvalue weighted by molar-refractivity contribution is 9.10. The first-order chi connectivity index (χ1) is 19.2. The van der Waals surface area contributed by atoms with Crippen LogP contribution in [0.1, 0.15) is 0 Å². The van der Waals surface area contributed by atoms with Crippen LogP contribution in [0.25, 0.3) is 33.1 Å². The lowest BCUT2D eigenvalue weighted by molar-refractivity contribution is 0.669. The first-order valence-corrected chi connectivity index (χ1v) is 15.9. The van der Waals surface area contributed by atoms with Crippen LogP contribution in [0.15, 0.2) is 161 Å². The lowest BCUT2D eigenvalue weighted by atomic mass is 10.0. The second-order valence-corrected chi connectivity index (χ2v) is 14.5. The highest BCUT2D eigenvalue weighted by Crippen LogP contribution is 2.36. The number of furan rings is 1. The monoisotopic (exact) mass is 580 g/mol. The van der Waals surface area contributed by atoms with Crippen LogP contribution < -0.4 is 20.7 Å². The first-order valence-electron chi connectivity index (χ1n) is 13.1. The number of rotatable bonds is 5. The predicted molar refractivity (Wildman–Crippen MR) is 170 cm³/mol. The Morgan fingerprint density at radius 3 is 1.59 bits per heavy atom. The molecule has 0 spiro atoms. The molecule has 0 aliphatic heterocycles. The van der Waals surface area contributed by atoms with E-state index in [1.165, 1.54) is 31.9 Å². The Balaban J connectivity index is 1.49. The van der Waals surface area contributed by atoms with Crippen LogP contribution in [0.5, 0.6) is 0 Å². The van der Waals surface area contributed by atoms with Crippen molar-refractivity contribution in [2.24, 2.45) is 0 Å². The van der Waals surface area contributed by atoms with Crippen LogP contribution in [0.4, 0.5) is 0 Å². The van der Waals surface area contributed by atoms with Gasteiger partial charge >= 0.3 is 0 Å². The van der Waals surface area contributed by atoms with Crippen molar-refractivity contribution in [3.63, 3.8) is 0 Å². The van der Waals surface area contributed by atoms with E-state index in [0.717, 1.165) is 26.4 Å².